The van der Waals surface area contributed by atoms with Crippen LogP contribution in [0.2, 0.25) is 5.02 Å². The van der Waals surface area contributed by atoms with Gasteiger partial charge in [-0.1, -0.05) is 11.6 Å². The van der Waals surface area contributed by atoms with Crippen LogP contribution in [-0.2, 0) is 17.8 Å². The molecule has 0 bridgehead atoms. The van der Waals surface area contributed by atoms with Crippen molar-refractivity contribution in [3.63, 3.8) is 0 Å². The van der Waals surface area contributed by atoms with Gasteiger partial charge in [-0.15, -0.1) is 10.2 Å². The molecular formula is C25H25ClF3N7O. The summed E-state index contributed by atoms with van der Waals surface area (Å²) < 4.78 is 49.7. The van der Waals surface area contributed by atoms with Crippen LogP contribution in [0.4, 0.5) is 19.0 Å². The second kappa shape index (κ2) is 7.87. The Hall–Kier alpha value is -2.76. The number of nitrogens with zero attached hydrogens (tertiary/aromatic N) is 7. The molecule has 0 N–H and O–H groups in total. The van der Waals surface area contributed by atoms with E-state index in [4.69, 9.17) is 16.3 Å². The Balaban J connectivity index is 1.17. The van der Waals surface area contributed by atoms with Gasteiger partial charge in [0.15, 0.2) is 11.4 Å². The number of alkyl halides is 3. The van der Waals surface area contributed by atoms with Gasteiger partial charge in [0.1, 0.15) is 11.6 Å². The van der Waals surface area contributed by atoms with Crippen LogP contribution in [-0.4, -0.2) is 67.7 Å². The first-order valence-corrected chi connectivity index (χ1v) is 12.7. The first-order chi connectivity index (χ1) is 17.7. The Morgan fingerprint density at radius 1 is 1.08 bits per heavy atom. The van der Waals surface area contributed by atoms with Crippen LogP contribution < -0.4 is 4.90 Å². The lowest BCUT2D eigenvalue weighted by atomic mass is 9.57. The Morgan fingerprint density at radius 2 is 1.86 bits per heavy atom. The SMILES string of the molecule is Cc1cncc(N2CC3(CC(c4nnc5n4-c4ccc(Cl)cc4CN(C4(C(F)(F)F)COC4)C5)C3)C2)n1. The van der Waals surface area contributed by atoms with Gasteiger partial charge in [0.25, 0.3) is 0 Å². The molecule has 37 heavy (non-hydrogen) atoms. The first-order valence-electron chi connectivity index (χ1n) is 12.3. The van der Waals surface area contributed by atoms with Crippen molar-refractivity contribution in [3.8, 4) is 5.69 Å². The third-order valence-corrected chi connectivity index (χ3v) is 8.62. The topological polar surface area (TPSA) is 72.2 Å². The van der Waals surface area contributed by atoms with Crippen LogP contribution in [0.1, 0.15) is 41.7 Å². The lowest BCUT2D eigenvalue weighted by Crippen LogP contribution is -2.69. The van der Waals surface area contributed by atoms with Crippen LogP contribution in [0.3, 0.4) is 0 Å². The molecule has 0 atom stereocenters. The summed E-state index contributed by atoms with van der Waals surface area (Å²) in [6.07, 6.45) is 1.01. The van der Waals surface area contributed by atoms with Crippen molar-refractivity contribution < 1.29 is 17.9 Å². The minimum atomic E-state index is -4.43. The van der Waals surface area contributed by atoms with Gasteiger partial charge in [-0.3, -0.25) is 14.5 Å². The number of halogens is 4. The zero-order valence-corrected chi connectivity index (χ0v) is 20.9. The highest BCUT2D eigenvalue weighted by Crippen LogP contribution is 2.56. The minimum absolute atomic E-state index is 0.0276. The molecule has 3 fully saturated rings. The van der Waals surface area contributed by atoms with Crippen LogP contribution in [0.15, 0.2) is 30.6 Å². The number of rotatable bonds is 3. The summed E-state index contributed by atoms with van der Waals surface area (Å²) in [6.45, 7) is 3.11. The molecule has 1 aliphatic carbocycles. The second-order valence-electron chi connectivity index (χ2n) is 10.9. The van der Waals surface area contributed by atoms with Crippen LogP contribution in [0.25, 0.3) is 5.69 Å². The molecule has 8 nitrogen and oxygen atoms in total. The molecule has 0 unspecified atom stereocenters. The Bertz CT molecular complexity index is 1370. The molecule has 0 radical (unpaired) electrons. The molecule has 1 aromatic carbocycles. The van der Waals surface area contributed by atoms with E-state index in [-0.39, 0.29) is 37.6 Å². The van der Waals surface area contributed by atoms with Crippen molar-refractivity contribution in [1.82, 2.24) is 29.6 Å². The molecule has 2 saturated heterocycles. The molecule has 12 heteroatoms. The van der Waals surface area contributed by atoms with Crippen LogP contribution in [0, 0.1) is 12.3 Å². The standard InChI is InChI=1S/C25H25ClF3N7O/c1-15-7-30-8-20(31-15)34-11-23(12-34)5-17(6-23)22-33-32-21-10-35(24(13-37-14-24)25(27,28)29)9-16-4-18(26)2-3-19(16)36(21)22/h2-4,7-8,17H,5-6,9-14H2,1H3. The van der Waals surface area contributed by atoms with E-state index < -0.39 is 11.7 Å². The monoisotopic (exact) mass is 531 g/mol. The fourth-order valence-electron chi connectivity index (χ4n) is 6.37. The van der Waals surface area contributed by atoms with E-state index in [2.05, 4.69) is 25.1 Å². The van der Waals surface area contributed by atoms with Gasteiger partial charge in [0, 0.05) is 42.2 Å². The molecule has 1 saturated carbocycles. The molecule has 5 heterocycles. The normalized spacial score (nSPS) is 22.5. The number of hydrogen-bond acceptors (Lipinski definition) is 7. The van der Waals surface area contributed by atoms with E-state index in [1.54, 1.807) is 24.5 Å². The van der Waals surface area contributed by atoms with E-state index in [1.165, 1.54) is 4.90 Å². The first kappa shape index (κ1) is 23.4. The van der Waals surface area contributed by atoms with Crippen molar-refractivity contribution >= 4 is 17.4 Å². The number of benzene rings is 1. The molecule has 2 aromatic heterocycles. The predicted octanol–water partition coefficient (Wildman–Crippen LogP) is 4.05. The number of aryl methyl sites for hydroxylation is 1. The third kappa shape index (κ3) is 3.50. The molecule has 4 aliphatic rings. The van der Waals surface area contributed by atoms with Gasteiger partial charge in [-0.2, -0.15) is 13.2 Å². The number of fused-ring (bicyclic) bond motifs is 3. The Morgan fingerprint density at radius 3 is 2.54 bits per heavy atom. The largest absolute Gasteiger partial charge is 0.411 e. The Kier molecular flexibility index (Phi) is 4.97. The lowest BCUT2D eigenvalue weighted by molar-refractivity contribution is -0.310. The van der Waals surface area contributed by atoms with E-state index in [0.29, 0.717) is 10.8 Å². The zero-order valence-electron chi connectivity index (χ0n) is 20.2. The van der Waals surface area contributed by atoms with Gasteiger partial charge in [-0.05, 0) is 43.5 Å². The number of anilines is 1. The summed E-state index contributed by atoms with van der Waals surface area (Å²) in [5.41, 5.74) is 0.578. The minimum Gasteiger partial charge on any atom is -0.377 e. The highest BCUT2D eigenvalue weighted by Gasteiger charge is 2.64. The summed E-state index contributed by atoms with van der Waals surface area (Å²) >= 11 is 6.29. The fourth-order valence-corrected chi connectivity index (χ4v) is 6.56. The maximum atomic E-state index is 14.2. The van der Waals surface area contributed by atoms with E-state index in [1.807, 2.05) is 17.6 Å². The average Bonchev–Trinajstić information content (AvgIpc) is 3.06. The van der Waals surface area contributed by atoms with Gasteiger partial charge in [-0.25, -0.2) is 4.98 Å². The highest BCUT2D eigenvalue weighted by atomic mass is 35.5. The summed E-state index contributed by atoms with van der Waals surface area (Å²) in [7, 11) is 0. The molecule has 3 aliphatic heterocycles. The van der Waals surface area contributed by atoms with E-state index in [9.17, 15) is 13.2 Å². The van der Waals surface area contributed by atoms with Crippen molar-refractivity contribution in [3.05, 3.63) is 58.5 Å². The molecule has 1 spiro atoms. The van der Waals surface area contributed by atoms with Crippen LogP contribution >= 0.6 is 11.6 Å². The Labute approximate surface area is 216 Å². The van der Waals surface area contributed by atoms with E-state index in [0.717, 1.165) is 54.5 Å². The summed E-state index contributed by atoms with van der Waals surface area (Å²) in [5.74, 6) is 2.41. The second-order valence-corrected chi connectivity index (χ2v) is 11.4. The average molecular weight is 532 g/mol. The number of aromatic nitrogens is 5. The van der Waals surface area contributed by atoms with Crippen molar-refractivity contribution in [2.75, 3.05) is 31.2 Å². The number of hydrogen-bond donors (Lipinski definition) is 0. The van der Waals surface area contributed by atoms with Gasteiger partial charge >= 0.3 is 6.18 Å². The maximum absolute atomic E-state index is 14.2. The van der Waals surface area contributed by atoms with Crippen molar-refractivity contribution in [2.45, 2.75) is 50.5 Å². The predicted molar refractivity (Wildman–Crippen MR) is 129 cm³/mol. The molecule has 0 amide bonds. The summed E-state index contributed by atoms with van der Waals surface area (Å²) in [5, 5.41) is 9.42. The molecule has 3 aromatic rings. The smallest absolute Gasteiger partial charge is 0.377 e. The summed E-state index contributed by atoms with van der Waals surface area (Å²) in [4.78, 5) is 12.5. The number of ether oxygens (including phenoxy) is 1. The molecule has 194 valence electrons. The molecule has 7 rings (SSSR count). The fraction of sp³-hybridized carbons (Fsp3) is 0.520. The zero-order chi connectivity index (χ0) is 25.6. The van der Waals surface area contributed by atoms with Gasteiger partial charge in [0.05, 0.1) is 37.3 Å². The summed E-state index contributed by atoms with van der Waals surface area (Å²) in [6, 6.07) is 5.39. The third-order valence-electron chi connectivity index (χ3n) is 8.39. The maximum Gasteiger partial charge on any atom is 0.411 e. The lowest BCUT2D eigenvalue weighted by Gasteiger charge is -2.59. The van der Waals surface area contributed by atoms with Crippen molar-refractivity contribution in [1.29, 1.82) is 0 Å². The highest BCUT2D eigenvalue weighted by molar-refractivity contribution is 6.30. The molecular weight excluding hydrogens is 507 g/mol. The van der Waals surface area contributed by atoms with Crippen LogP contribution in [0.5, 0.6) is 0 Å². The van der Waals surface area contributed by atoms with Crippen molar-refractivity contribution in [2.24, 2.45) is 5.41 Å². The quantitative estimate of drug-likeness (QED) is 0.505. The van der Waals surface area contributed by atoms with Gasteiger partial charge < -0.3 is 9.64 Å². The van der Waals surface area contributed by atoms with E-state index >= 15 is 0 Å². The van der Waals surface area contributed by atoms with Gasteiger partial charge in [0.2, 0.25) is 0 Å².